The number of nitrogens with zero attached hydrogens (tertiary/aromatic N) is 2. The van der Waals surface area contributed by atoms with Gasteiger partial charge in [-0.25, -0.2) is 4.68 Å². The van der Waals surface area contributed by atoms with Crippen LogP contribution in [0.1, 0.15) is 60.1 Å². The first kappa shape index (κ1) is 18.3. The number of carbonyl (C=O) groups is 1. The standard InChI is InChI=1S/C19H23Cl2N3O/c1-13-17(19(25)22-15-9-4-2-3-5-10-15)18(21)24(23-13)12-14-8-6-7-11-16(14)20/h6-8,11,15H,2-5,9-10,12H2,1H3,(H,22,25). The lowest BCUT2D eigenvalue weighted by atomic mass is 10.1. The van der Waals surface area contributed by atoms with Gasteiger partial charge in [-0.05, 0) is 31.4 Å². The minimum absolute atomic E-state index is 0.125. The minimum atomic E-state index is -0.125. The average Bonchev–Trinajstić information content (AvgIpc) is 2.76. The summed E-state index contributed by atoms with van der Waals surface area (Å²) < 4.78 is 1.64. The molecule has 2 aromatic rings. The Kier molecular flexibility index (Phi) is 6.02. The number of hydrogen-bond donors (Lipinski definition) is 1. The van der Waals surface area contributed by atoms with Gasteiger partial charge in [-0.2, -0.15) is 5.10 Å². The topological polar surface area (TPSA) is 46.9 Å². The van der Waals surface area contributed by atoms with E-state index >= 15 is 0 Å². The Balaban J connectivity index is 1.77. The molecule has 1 aliphatic carbocycles. The Hall–Kier alpha value is -1.52. The molecule has 3 rings (SSSR count). The molecule has 1 aliphatic rings. The SMILES string of the molecule is Cc1nn(Cc2ccccc2Cl)c(Cl)c1C(=O)NC1CCCCCC1. The van der Waals surface area contributed by atoms with E-state index < -0.39 is 0 Å². The minimum Gasteiger partial charge on any atom is -0.349 e. The van der Waals surface area contributed by atoms with E-state index in [0.717, 1.165) is 18.4 Å². The molecule has 4 nitrogen and oxygen atoms in total. The van der Waals surface area contributed by atoms with Gasteiger partial charge in [0, 0.05) is 11.1 Å². The van der Waals surface area contributed by atoms with Gasteiger partial charge in [-0.3, -0.25) is 4.79 Å². The lowest BCUT2D eigenvalue weighted by molar-refractivity contribution is 0.0933. The number of nitrogens with one attached hydrogen (secondary N) is 1. The summed E-state index contributed by atoms with van der Waals surface area (Å²) >= 11 is 12.7. The fraction of sp³-hybridized carbons (Fsp3) is 0.474. The third kappa shape index (κ3) is 4.36. The molecule has 0 unspecified atom stereocenters. The molecule has 1 amide bonds. The summed E-state index contributed by atoms with van der Waals surface area (Å²) in [4.78, 5) is 12.7. The third-order valence-corrected chi connectivity index (χ3v) is 5.51. The molecule has 0 radical (unpaired) electrons. The molecule has 1 aromatic heterocycles. The van der Waals surface area contributed by atoms with E-state index in [9.17, 15) is 4.79 Å². The van der Waals surface area contributed by atoms with Crippen molar-refractivity contribution in [1.29, 1.82) is 0 Å². The molecular weight excluding hydrogens is 357 g/mol. The highest BCUT2D eigenvalue weighted by atomic mass is 35.5. The molecular formula is C19H23Cl2N3O. The molecule has 0 atom stereocenters. The van der Waals surface area contributed by atoms with E-state index in [0.29, 0.717) is 28.0 Å². The van der Waals surface area contributed by atoms with E-state index in [2.05, 4.69) is 10.4 Å². The summed E-state index contributed by atoms with van der Waals surface area (Å²) in [7, 11) is 0. The molecule has 0 spiro atoms. The Morgan fingerprint density at radius 3 is 2.56 bits per heavy atom. The molecule has 0 saturated heterocycles. The number of hydrogen-bond acceptors (Lipinski definition) is 2. The third-order valence-electron chi connectivity index (χ3n) is 4.76. The van der Waals surface area contributed by atoms with Crippen LogP contribution in [0.25, 0.3) is 0 Å². The highest BCUT2D eigenvalue weighted by molar-refractivity contribution is 6.33. The first-order valence-electron chi connectivity index (χ1n) is 8.83. The van der Waals surface area contributed by atoms with Crippen LogP contribution >= 0.6 is 23.2 Å². The summed E-state index contributed by atoms with van der Waals surface area (Å²) in [5.74, 6) is -0.125. The Morgan fingerprint density at radius 1 is 1.20 bits per heavy atom. The Labute approximate surface area is 158 Å². The van der Waals surface area contributed by atoms with Crippen LogP contribution in [0.15, 0.2) is 24.3 Å². The first-order valence-corrected chi connectivity index (χ1v) is 9.59. The van der Waals surface area contributed by atoms with Crippen LogP contribution in [-0.2, 0) is 6.54 Å². The summed E-state index contributed by atoms with van der Waals surface area (Å²) in [5.41, 5.74) is 2.03. The number of halogens is 2. The summed E-state index contributed by atoms with van der Waals surface area (Å²) in [5, 5.41) is 8.61. The average molecular weight is 380 g/mol. The second-order valence-corrected chi connectivity index (χ2v) is 7.43. The van der Waals surface area contributed by atoms with Crippen molar-refractivity contribution in [3.05, 3.63) is 51.3 Å². The van der Waals surface area contributed by atoms with Crippen molar-refractivity contribution < 1.29 is 4.79 Å². The normalized spacial score (nSPS) is 15.8. The van der Waals surface area contributed by atoms with E-state index in [1.807, 2.05) is 31.2 Å². The fourth-order valence-electron chi connectivity index (χ4n) is 3.39. The maximum absolute atomic E-state index is 12.7. The second-order valence-electron chi connectivity index (χ2n) is 6.66. The van der Waals surface area contributed by atoms with Gasteiger partial charge >= 0.3 is 0 Å². The number of amides is 1. The van der Waals surface area contributed by atoms with Crippen molar-refractivity contribution in [1.82, 2.24) is 15.1 Å². The van der Waals surface area contributed by atoms with Crippen LogP contribution in [0, 0.1) is 6.92 Å². The zero-order chi connectivity index (χ0) is 17.8. The smallest absolute Gasteiger partial charge is 0.256 e. The van der Waals surface area contributed by atoms with E-state index in [4.69, 9.17) is 23.2 Å². The largest absolute Gasteiger partial charge is 0.349 e. The molecule has 1 saturated carbocycles. The zero-order valence-electron chi connectivity index (χ0n) is 14.4. The molecule has 134 valence electrons. The van der Waals surface area contributed by atoms with Gasteiger partial charge in [0.25, 0.3) is 5.91 Å². The summed E-state index contributed by atoms with van der Waals surface area (Å²) in [6.45, 7) is 2.26. The lowest BCUT2D eigenvalue weighted by Crippen LogP contribution is -2.34. The molecule has 1 heterocycles. The van der Waals surface area contributed by atoms with Gasteiger partial charge in [0.1, 0.15) is 5.15 Å². The fourth-order valence-corrected chi connectivity index (χ4v) is 3.90. The van der Waals surface area contributed by atoms with E-state index in [1.165, 1.54) is 25.7 Å². The van der Waals surface area contributed by atoms with Gasteiger partial charge in [0.2, 0.25) is 0 Å². The zero-order valence-corrected chi connectivity index (χ0v) is 15.9. The molecule has 0 bridgehead atoms. The molecule has 1 fully saturated rings. The van der Waals surface area contributed by atoms with Crippen molar-refractivity contribution in [2.24, 2.45) is 0 Å². The van der Waals surface area contributed by atoms with Crippen LogP contribution in [0.4, 0.5) is 0 Å². The maximum atomic E-state index is 12.7. The van der Waals surface area contributed by atoms with Gasteiger partial charge in [0.05, 0.1) is 17.8 Å². The first-order chi connectivity index (χ1) is 12.1. The van der Waals surface area contributed by atoms with Crippen molar-refractivity contribution in [3.8, 4) is 0 Å². The predicted octanol–water partition coefficient (Wildman–Crippen LogP) is 5.00. The van der Waals surface area contributed by atoms with E-state index in [1.54, 1.807) is 4.68 Å². The molecule has 1 N–H and O–H groups in total. The Morgan fingerprint density at radius 2 is 1.88 bits per heavy atom. The van der Waals surface area contributed by atoms with Crippen LogP contribution < -0.4 is 5.32 Å². The van der Waals surface area contributed by atoms with Gasteiger partial charge in [0.15, 0.2) is 0 Å². The van der Waals surface area contributed by atoms with Crippen molar-refractivity contribution in [2.75, 3.05) is 0 Å². The Bertz CT molecular complexity index is 749. The summed E-state index contributed by atoms with van der Waals surface area (Å²) in [6, 6.07) is 7.80. The second kappa shape index (κ2) is 8.24. The number of benzene rings is 1. The number of aromatic nitrogens is 2. The van der Waals surface area contributed by atoms with Crippen molar-refractivity contribution in [3.63, 3.8) is 0 Å². The molecule has 6 heteroatoms. The monoisotopic (exact) mass is 379 g/mol. The number of rotatable bonds is 4. The lowest BCUT2D eigenvalue weighted by Gasteiger charge is -2.16. The van der Waals surface area contributed by atoms with Gasteiger partial charge < -0.3 is 5.32 Å². The van der Waals surface area contributed by atoms with Crippen LogP contribution in [0.3, 0.4) is 0 Å². The molecule has 25 heavy (non-hydrogen) atoms. The molecule has 1 aromatic carbocycles. The highest BCUT2D eigenvalue weighted by Crippen LogP contribution is 2.24. The maximum Gasteiger partial charge on any atom is 0.256 e. The van der Waals surface area contributed by atoms with Gasteiger partial charge in [-0.1, -0.05) is 67.1 Å². The van der Waals surface area contributed by atoms with Crippen LogP contribution in [0.5, 0.6) is 0 Å². The van der Waals surface area contributed by atoms with Gasteiger partial charge in [-0.15, -0.1) is 0 Å². The van der Waals surface area contributed by atoms with Crippen molar-refractivity contribution in [2.45, 2.75) is 58.0 Å². The number of carbonyl (C=O) groups excluding carboxylic acids is 1. The van der Waals surface area contributed by atoms with Crippen LogP contribution in [0.2, 0.25) is 10.2 Å². The number of aryl methyl sites for hydroxylation is 1. The summed E-state index contributed by atoms with van der Waals surface area (Å²) in [6.07, 6.45) is 6.92. The van der Waals surface area contributed by atoms with E-state index in [-0.39, 0.29) is 11.9 Å². The quantitative estimate of drug-likeness (QED) is 0.759. The highest BCUT2D eigenvalue weighted by Gasteiger charge is 2.23. The molecule has 0 aliphatic heterocycles. The van der Waals surface area contributed by atoms with Crippen molar-refractivity contribution >= 4 is 29.1 Å². The van der Waals surface area contributed by atoms with Crippen LogP contribution in [-0.4, -0.2) is 21.7 Å². The predicted molar refractivity (Wildman–Crippen MR) is 101 cm³/mol.